The van der Waals surface area contributed by atoms with E-state index in [0.29, 0.717) is 64.1 Å². The Morgan fingerprint density at radius 3 is 2.88 bits per heavy atom. The Labute approximate surface area is 232 Å². The molecule has 2 aromatic heterocycles. The van der Waals surface area contributed by atoms with Crippen molar-refractivity contribution < 1.29 is 23.9 Å². The van der Waals surface area contributed by atoms with Gasteiger partial charge < -0.3 is 20.2 Å². The predicted octanol–water partition coefficient (Wildman–Crippen LogP) is 4.44. The summed E-state index contributed by atoms with van der Waals surface area (Å²) in [5, 5.41) is 28.7. The molecule has 1 atom stereocenters. The van der Waals surface area contributed by atoms with Crippen molar-refractivity contribution in [3.8, 4) is 17.0 Å². The summed E-state index contributed by atoms with van der Waals surface area (Å²) in [5.41, 5.74) is 2.46. The van der Waals surface area contributed by atoms with Crippen LogP contribution in [0.5, 0.6) is 0 Å². The highest BCUT2D eigenvalue weighted by atomic mass is 35.5. The fourth-order valence-electron chi connectivity index (χ4n) is 4.27. The van der Waals surface area contributed by atoms with Crippen LogP contribution in [0.3, 0.4) is 0 Å². The van der Waals surface area contributed by atoms with E-state index in [1.165, 1.54) is 29.3 Å². The Bertz CT molecular complexity index is 1580. The van der Waals surface area contributed by atoms with Crippen molar-refractivity contribution >= 4 is 47.0 Å². The largest absolute Gasteiger partial charge is 0.465 e. The molecule has 3 heterocycles. The maximum absolute atomic E-state index is 13.0. The molecule has 2 bridgehead atoms. The molecular formula is C26H23ClN8O5. The molecule has 13 nitrogen and oxygen atoms in total. The third-order valence-corrected chi connectivity index (χ3v) is 6.33. The molecule has 1 aliphatic heterocycles. The van der Waals surface area contributed by atoms with E-state index in [4.69, 9.17) is 21.1 Å². The van der Waals surface area contributed by atoms with Crippen LogP contribution in [0.4, 0.5) is 16.2 Å². The van der Waals surface area contributed by atoms with Gasteiger partial charge in [0.25, 0.3) is 0 Å². The van der Waals surface area contributed by atoms with Crippen molar-refractivity contribution in [3.05, 3.63) is 71.5 Å². The summed E-state index contributed by atoms with van der Waals surface area (Å²) in [7, 11) is 0. The smallest absolute Gasteiger partial charge is 0.409 e. The molecule has 5 rings (SSSR count). The number of amides is 3. The summed E-state index contributed by atoms with van der Waals surface area (Å²) in [4.78, 5) is 41.0. The molecule has 14 heteroatoms. The van der Waals surface area contributed by atoms with Gasteiger partial charge in [-0.25, -0.2) is 9.78 Å². The minimum Gasteiger partial charge on any atom is -0.465 e. The first kappa shape index (κ1) is 26.6. The molecular weight excluding hydrogens is 540 g/mol. The van der Waals surface area contributed by atoms with Crippen molar-refractivity contribution in [2.75, 3.05) is 10.6 Å². The molecule has 0 aliphatic carbocycles. The number of hydrogen-bond acceptors (Lipinski definition) is 8. The highest BCUT2D eigenvalue weighted by Crippen LogP contribution is 2.34. The Morgan fingerprint density at radius 1 is 1.20 bits per heavy atom. The third-order valence-electron chi connectivity index (χ3n) is 6.09. The monoisotopic (exact) mass is 562 g/mol. The van der Waals surface area contributed by atoms with Crippen LogP contribution in [0.1, 0.15) is 43.2 Å². The normalized spacial score (nSPS) is 15.4. The molecule has 0 unspecified atom stereocenters. The zero-order valence-corrected chi connectivity index (χ0v) is 21.6. The van der Waals surface area contributed by atoms with Gasteiger partial charge in [-0.3, -0.25) is 14.9 Å². The van der Waals surface area contributed by atoms with Crippen LogP contribution in [-0.2, 0) is 9.59 Å². The molecule has 40 heavy (non-hydrogen) atoms. The Kier molecular flexibility index (Phi) is 7.82. The highest BCUT2D eigenvalue weighted by Gasteiger charge is 2.22. The van der Waals surface area contributed by atoms with Crippen molar-refractivity contribution in [1.29, 1.82) is 0 Å². The predicted molar refractivity (Wildman–Crippen MR) is 145 cm³/mol. The number of tetrazole rings is 1. The summed E-state index contributed by atoms with van der Waals surface area (Å²) in [6, 6.07) is 9.27. The zero-order valence-electron chi connectivity index (χ0n) is 20.9. The maximum Gasteiger partial charge on any atom is 0.409 e. The quantitative estimate of drug-likeness (QED) is 0.256. The molecule has 0 saturated heterocycles. The van der Waals surface area contributed by atoms with Gasteiger partial charge in [0.2, 0.25) is 17.7 Å². The lowest BCUT2D eigenvalue weighted by molar-refractivity contribution is -0.118. The van der Waals surface area contributed by atoms with Crippen LogP contribution in [0.15, 0.2) is 59.4 Å². The molecule has 2 aromatic carbocycles. The third kappa shape index (κ3) is 6.32. The summed E-state index contributed by atoms with van der Waals surface area (Å²) in [5.74, 6) is 0.0477. The number of anilines is 2. The van der Waals surface area contributed by atoms with Crippen LogP contribution >= 0.6 is 11.6 Å². The number of nitrogens with zero attached hydrogens (tertiary/aromatic N) is 5. The summed E-state index contributed by atoms with van der Waals surface area (Å²) in [6.45, 7) is 0. The second kappa shape index (κ2) is 11.8. The number of aromatic nitrogens is 5. The molecule has 4 aromatic rings. The topological polar surface area (TPSA) is 177 Å². The number of oxazole rings is 1. The molecule has 0 saturated carbocycles. The number of rotatable bonds is 5. The van der Waals surface area contributed by atoms with Crippen LogP contribution in [0, 0.1) is 0 Å². The summed E-state index contributed by atoms with van der Waals surface area (Å²) < 4.78 is 7.48. The van der Waals surface area contributed by atoms with Crippen molar-refractivity contribution in [2.45, 2.75) is 31.7 Å². The number of fused-ring (bicyclic) bond motifs is 4. The second-order valence-corrected chi connectivity index (χ2v) is 9.34. The molecule has 1 aliphatic rings. The molecule has 0 radical (unpaired) electrons. The highest BCUT2D eigenvalue weighted by molar-refractivity contribution is 6.30. The van der Waals surface area contributed by atoms with Crippen molar-refractivity contribution in [2.24, 2.45) is 0 Å². The SMILES string of the molecule is O=C(O)Nc1ccc2c(c1)NC(=O)CCCC[C@H](NC(=O)/C=C/c1cc(Cl)ccc1-n1cnnn1)c1ncc-2o1. The number of carboxylic acid groups (broad SMARTS) is 1. The van der Waals surface area contributed by atoms with Crippen LogP contribution in [0.25, 0.3) is 23.1 Å². The van der Waals surface area contributed by atoms with E-state index in [1.54, 1.807) is 36.4 Å². The molecule has 0 fully saturated rings. The van der Waals surface area contributed by atoms with Gasteiger partial charge in [-0.15, -0.1) is 5.10 Å². The zero-order chi connectivity index (χ0) is 28.1. The lowest BCUT2D eigenvalue weighted by Gasteiger charge is -2.16. The van der Waals surface area contributed by atoms with Gasteiger partial charge in [-0.1, -0.05) is 18.0 Å². The number of carbonyl (C=O) groups is 3. The number of carbonyl (C=O) groups excluding carboxylic acids is 2. The van der Waals surface area contributed by atoms with Gasteiger partial charge >= 0.3 is 6.09 Å². The summed E-state index contributed by atoms with van der Waals surface area (Å²) in [6.07, 6.45) is 6.61. The van der Waals surface area contributed by atoms with Gasteiger partial charge in [-0.05, 0) is 65.7 Å². The number of halogens is 1. The molecule has 0 spiro atoms. The average Bonchev–Trinajstić information content (AvgIpc) is 3.62. The summed E-state index contributed by atoms with van der Waals surface area (Å²) >= 11 is 6.16. The van der Waals surface area contributed by atoms with Gasteiger partial charge in [0, 0.05) is 34.3 Å². The van der Waals surface area contributed by atoms with E-state index in [2.05, 4.69) is 36.5 Å². The standard InChI is InChI=1S/C26H23ClN8O5/c27-16-6-9-21(35-14-29-33-34-35)15(11-16)5-10-24(37)31-19-3-1-2-4-23(36)32-20-12-17(30-26(38)39)7-8-18(20)22-13-28-25(19)40-22/h5-14,19,30H,1-4H2,(H,31,37)(H,32,36)(H,38,39)/b10-5+/t19-/m0/s1. The van der Waals surface area contributed by atoms with Crippen molar-refractivity contribution in [3.63, 3.8) is 0 Å². The fraction of sp³-hybridized carbons (Fsp3) is 0.192. The Balaban J connectivity index is 1.39. The van der Waals surface area contributed by atoms with E-state index in [1.807, 2.05) is 0 Å². The number of nitrogens with one attached hydrogen (secondary N) is 3. The Morgan fingerprint density at radius 2 is 2.08 bits per heavy atom. The van der Waals surface area contributed by atoms with Crippen LogP contribution in [0.2, 0.25) is 5.02 Å². The minimum absolute atomic E-state index is 0.225. The van der Waals surface area contributed by atoms with Gasteiger partial charge in [-0.2, -0.15) is 4.68 Å². The van der Waals surface area contributed by atoms with E-state index < -0.39 is 12.1 Å². The first-order valence-corrected chi connectivity index (χ1v) is 12.6. The average molecular weight is 563 g/mol. The molecule has 4 N–H and O–H groups in total. The van der Waals surface area contributed by atoms with Gasteiger partial charge in [0.05, 0.1) is 17.6 Å². The molecule has 3 amide bonds. The minimum atomic E-state index is -1.23. The van der Waals surface area contributed by atoms with E-state index in [0.717, 1.165) is 0 Å². The van der Waals surface area contributed by atoms with Crippen molar-refractivity contribution in [1.82, 2.24) is 30.5 Å². The Hall–Kier alpha value is -5.04. The maximum atomic E-state index is 13.0. The molecule has 204 valence electrons. The second-order valence-electron chi connectivity index (χ2n) is 8.90. The van der Waals surface area contributed by atoms with Gasteiger partial charge in [0.1, 0.15) is 12.4 Å². The van der Waals surface area contributed by atoms with Crippen LogP contribution < -0.4 is 16.0 Å². The van der Waals surface area contributed by atoms with E-state index in [9.17, 15) is 14.4 Å². The first-order valence-electron chi connectivity index (χ1n) is 12.3. The van der Waals surface area contributed by atoms with E-state index in [-0.39, 0.29) is 18.2 Å². The number of benzene rings is 2. The lowest BCUT2D eigenvalue weighted by Crippen LogP contribution is -2.27. The lowest BCUT2D eigenvalue weighted by atomic mass is 10.1. The van der Waals surface area contributed by atoms with Crippen LogP contribution in [-0.4, -0.2) is 48.2 Å². The number of hydrogen-bond donors (Lipinski definition) is 4. The first-order chi connectivity index (χ1) is 19.4. The fourth-order valence-corrected chi connectivity index (χ4v) is 4.45. The van der Waals surface area contributed by atoms with Gasteiger partial charge in [0.15, 0.2) is 5.76 Å². The van der Waals surface area contributed by atoms with E-state index >= 15 is 0 Å².